The highest BCUT2D eigenvalue weighted by Gasteiger charge is 2.34. The van der Waals surface area contributed by atoms with Crippen LogP contribution in [0.1, 0.15) is 43.6 Å². The molecule has 1 nitrogen and oxygen atoms in total. The first-order valence-corrected chi connectivity index (χ1v) is 7.74. The summed E-state index contributed by atoms with van der Waals surface area (Å²) in [6, 6.07) is 8.59. The summed E-state index contributed by atoms with van der Waals surface area (Å²) in [5.74, 6) is 1.98. The van der Waals surface area contributed by atoms with Gasteiger partial charge in [0, 0.05) is 16.6 Å². The average Bonchev–Trinajstić information content (AvgIpc) is 2.83. The van der Waals surface area contributed by atoms with E-state index in [0.717, 1.165) is 5.75 Å². The maximum Gasteiger partial charge on any atom is 0.0645 e. The molecular formula is C15H20OS. The molecular weight excluding hydrogens is 228 g/mol. The van der Waals surface area contributed by atoms with Crippen molar-refractivity contribution < 1.29 is 5.11 Å². The van der Waals surface area contributed by atoms with Gasteiger partial charge in [-0.3, -0.25) is 0 Å². The van der Waals surface area contributed by atoms with Gasteiger partial charge in [-0.2, -0.15) is 0 Å². The third-order valence-electron chi connectivity index (χ3n) is 4.28. The zero-order valence-electron chi connectivity index (χ0n) is 10.1. The molecule has 17 heavy (non-hydrogen) atoms. The average molecular weight is 248 g/mol. The molecule has 2 unspecified atom stereocenters. The largest absolute Gasteiger partial charge is 0.392 e. The molecule has 2 atom stereocenters. The summed E-state index contributed by atoms with van der Waals surface area (Å²) >= 11 is 1.91. The first-order valence-electron chi connectivity index (χ1n) is 6.76. The van der Waals surface area contributed by atoms with Crippen LogP contribution in [0.2, 0.25) is 0 Å². The fourth-order valence-corrected chi connectivity index (χ4v) is 4.57. The number of benzene rings is 1. The molecule has 1 aromatic rings. The minimum absolute atomic E-state index is 0.119. The Morgan fingerprint density at radius 3 is 2.71 bits per heavy atom. The Bertz CT molecular complexity index is 384. The van der Waals surface area contributed by atoms with E-state index in [2.05, 4.69) is 24.3 Å². The van der Waals surface area contributed by atoms with Crippen LogP contribution in [0.25, 0.3) is 0 Å². The molecule has 1 heterocycles. The second kappa shape index (κ2) is 5.03. The van der Waals surface area contributed by atoms with Gasteiger partial charge in [-0.25, -0.2) is 0 Å². The van der Waals surface area contributed by atoms with E-state index >= 15 is 0 Å². The van der Waals surface area contributed by atoms with E-state index in [4.69, 9.17) is 0 Å². The number of fused-ring (bicyclic) bond motifs is 1. The minimum Gasteiger partial charge on any atom is -0.392 e. The number of hydrogen-bond acceptors (Lipinski definition) is 2. The highest BCUT2D eigenvalue weighted by Crippen LogP contribution is 2.44. The van der Waals surface area contributed by atoms with Crippen LogP contribution in [-0.2, 0) is 0 Å². The SMILES string of the molecule is OC(C1CCCCC1)C1CSc2ccccc21. The van der Waals surface area contributed by atoms with E-state index in [1.54, 1.807) is 0 Å². The van der Waals surface area contributed by atoms with E-state index in [9.17, 15) is 5.11 Å². The summed E-state index contributed by atoms with van der Waals surface area (Å²) in [7, 11) is 0. The number of rotatable bonds is 2. The molecule has 3 rings (SSSR count). The number of thioether (sulfide) groups is 1. The van der Waals surface area contributed by atoms with Crippen molar-refractivity contribution in [3.05, 3.63) is 29.8 Å². The van der Waals surface area contributed by atoms with Crippen LogP contribution in [0.15, 0.2) is 29.2 Å². The predicted octanol–water partition coefficient (Wildman–Crippen LogP) is 3.82. The van der Waals surface area contributed by atoms with Gasteiger partial charge >= 0.3 is 0 Å². The predicted molar refractivity (Wildman–Crippen MR) is 72.5 cm³/mol. The molecule has 1 N–H and O–H groups in total. The standard InChI is InChI=1S/C15H20OS/c16-15(11-6-2-1-3-7-11)13-10-17-14-9-5-4-8-12(13)14/h4-5,8-9,11,13,15-16H,1-3,6-7,10H2. The van der Waals surface area contributed by atoms with Gasteiger partial charge in [-0.05, 0) is 30.4 Å². The van der Waals surface area contributed by atoms with Crippen LogP contribution < -0.4 is 0 Å². The van der Waals surface area contributed by atoms with Crippen molar-refractivity contribution in [1.29, 1.82) is 0 Å². The lowest BCUT2D eigenvalue weighted by atomic mass is 9.79. The van der Waals surface area contributed by atoms with Crippen molar-refractivity contribution in [2.75, 3.05) is 5.75 Å². The fraction of sp³-hybridized carbons (Fsp3) is 0.600. The number of aliphatic hydroxyl groups excluding tert-OH is 1. The Morgan fingerprint density at radius 1 is 1.12 bits per heavy atom. The lowest BCUT2D eigenvalue weighted by molar-refractivity contribution is 0.0667. The maximum atomic E-state index is 10.6. The van der Waals surface area contributed by atoms with Crippen LogP contribution in [0.3, 0.4) is 0 Å². The van der Waals surface area contributed by atoms with Crippen LogP contribution in [0.5, 0.6) is 0 Å². The van der Waals surface area contributed by atoms with E-state index in [-0.39, 0.29) is 6.10 Å². The molecule has 0 bridgehead atoms. The van der Waals surface area contributed by atoms with Gasteiger partial charge in [0.2, 0.25) is 0 Å². The highest BCUT2D eigenvalue weighted by atomic mass is 32.2. The number of aliphatic hydroxyl groups is 1. The van der Waals surface area contributed by atoms with Gasteiger partial charge in [-0.1, -0.05) is 37.5 Å². The fourth-order valence-electron chi connectivity index (χ4n) is 3.27. The van der Waals surface area contributed by atoms with Crippen molar-refractivity contribution >= 4 is 11.8 Å². The van der Waals surface area contributed by atoms with E-state index in [1.165, 1.54) is 42.6 Å². The Kier molecular flexibility index (Phi) is 3.44. The molecule has 92 valence electrons. The Morgan fingerprint density at radius 2 is 1.88 bits per heavy atom. The molecule has 1 aliphatic carbocycles. The van der Waals surface area contributed by atoms with Crippen LogP contribution in [0.4, 0.5) is 0 Å². The highest BCUT2D eigenvalue weighted by molar-refractivity contribution is 7.99. The van der Waals surface area contributed by atoms with Crippen molar-refractivity contribution in [3.63, 3.8) is 0 Å². The summed E-state index contributed by atoms with van der Waals surface area (Å²) in [6.07, 6.45) is 6.31. The van der Waals surface area contributed by atoms with Gasteiger partial charge in [0.15, 0.2) is 0 Å². The first-order chi connectivity index (χ1) is 8.36. The quantitative estimate of drug-likeness (QED) is 0.858. The zero-order valence-corrected chi connectivity index (χ0v) is 11.0. The van der Waals surface area contributed by atoms with Gasteiger partial charge < -0.3 is 5.11 Å². The van der Waals surface area contributed by atoms with Gasteiger partial charge in [0.1, 0.15) is 0 Å². The van der Waals surface area contributed by atoms with Crippen LogP contribution >= 0.6 is 11.8 Å². The van der Waals surface area contributed by atoms with Crippen LogP contribution in [0, 0.1) is 5.92 Å². The second-order valence-corrected chi connectivity index (χ2v) is 6.41. The maximum absolute atomic E-state index is 10.6. The molecule has 0 amide bonds. The smallest absolute Gasteiger partial charge is 0.0645 e. The molecule has 2 heteroatoms. The molecule has 2 aliphatic rings. The summed E-state index contributed by atoms with van der Waals surface area (Å²) in [4.78, 5) is 1.38. The molecule has 0 radical (unpaired) electrons. The van der Waals surface area contributed by atoms with Crippen molar-refractivity contribution in [2.24, 2.45) is 5.92 Å². The normalized spacial score (nSPS) is 26.8. The van der Waals surface area contributed by atoms with Gasteiger partial charge in [0.05, 0.1) is 6.10 Å². The molecule has 0 aromatic heterocycles. The Balaban J connectivity index is 1.76. The van der Waals surface area contributed by atoms with E-state index in [1.807, 2.05) is 11.8 Å². The zero-order chi connectivity index (χ0) is 11.7. The summed E-state index contributed by atoms with van der Waals surface area (Å²) in [5.41, 5.74) is 1.38. The lowest BCUT2D eigenvalue weighted by Gasteiger charge is -2.30. The van der Waals surface area contributed by atoms with Crippen molar-refractivity contribution in [2.45, 2.75) is 49.0 Å². The third kappa shape index (κ3) is 2.25. The lowest BCUT2D eigenvalue weighted by Crippen LogP contribution is -2.29. The molecule has 1 aromatic carbocycles. The molecule has 0 saturated heterocycles. The van der Waals surface area contributed by atoms with E-state index in [0.29, 0.717) is 11.8 Å². The molecule has 1 fully saturated rings. The first kappa shape index (κ1) is 11.6. The number of hydrogen-bond donors (Lipinski definition) is 1. The third-order valence-corrected chi connectivity index (χ3v) is 5.49. The molecule has 1 saturated carbocycles. The second-order valence-electron chi connectivity index (χ2n) is 5.34. The molecule has 1 aliphatic heterocycles. The van der Waals surface area contributed by atoms with Crippen molar-refractivity contribution in [3.8, 4) is 0 Å². The van der Waals surface area contributed by atoms with E-state index < -0.39 is 0 Å². The summed E-state index contributed by atoms with van der Waals surface area (Å²) in [5, 5.41) is 10.6. The minimum atomic E-state index is -0.119. The topological polar surface area (TPSA) is 20.2 Å². The van der Waals surface area contributed by atoms with Crippen molar-refractivity contribution in [1.82, 2.24) is 0 Å². The Labute approximate surface area is 108 Å². The Hall–Kier alpha value is -0.470. The van der Waals surface area contributed by atoms with Gasteiger partial charge in [0.25, 0.3) is 0 Å². The summed E-state index contributed by atoms with van der Waals surface area (Å²) in [6.45, 7) is 0. The van der Waals surface area contributed by atoms with Crippen LogP contribution in [-0.4, -0.2) is 17.0 Å². The summed E-state index contributed by atoms with van der Waals surface area (Å²) < 4.78 is 0. The van der Waals surface area contributed by atoms with Gasteiger partial charge in [-0.15, -0.1) is 11.8 Å². The molecule has 0 spiro atoms. The monoisotopic (exact) mass is 248 g/mol.